The molecule has 1 aliphatic rings. The molecule has 9 unspecified atom stereocenters. The van der Waals surface area contributed by atoms with Gasteiger partial charge in [0.25, 0.3) is 0 Å². The lowest BCUT2D eigenvalue weighted by atomic mass is 9.98. The Kier molecular flexibility index (Phi) is 48.9. The van der Waals surface area contributed by atoms with Gasteiger partial charge in [0.05, 0.1) is 25.4 Å². The summed E-state index contributed by atoms with van der Waals surface area (Å²) < 4.78 is 11.2. The topological polar surface area (TPSA) is 189 Å². The van der Waals surface area contributed by atoms with E-state index in [1.807, 2.05) is 0 Å². The molecule has 1 heterocycles. The van der Waals surface area contributed by atoms with Gasteiger partial charge in [-0.25, -0.2) is 0 Å². The first kappa shape index (κ1) is 69.1. The lowest BCUT2D eigenvalue weighted by Crippen LogP contribution is -2.60. The van der Waals surface area contributed by atoms with Gasteiger partial charge in [0.2, 0.25) is 5.91 Å². The van der Waals surface area contributed by atoms with E-state index in [0.717, 1.165) is 38.5 Å². The Labute approximate surface area is 443 Å². The highest BCUT2D eigenvalue weighted by atomic mass is 16.7. The molecule has 0 radical (unpaired) electrons. The summed E-state index contributed by atoms with van der Waals surface area (Å²) >= 11 is 0. The van der Waals surface area contributed by atoms with E-state index in [1.54, 1.807) is 0 Å². The molecule has 11 nitrogen and oxygen atoms in total. The maximum absolute atomic E-state index is 13.2. The van der Waals surface area contributed by atoms with E-state index in [2.05, 4.69) is 19.2 Å². The van der Waals surface area contributed by atoms with Crippen LogP contribution in [0.25, 0.3) is 0 Å². The average molecular weight is 1030 g/mol. The number of rotatable bonds is 55. The first-order valence-corrected chi connectivity index (χ1v) is 31.4. The molecule has 1 aliphatic heterocycles. The molecule has 1 rings (SSSR count). The molecule has 0 aromatic rings. The van der Waals surface area contributed by atoms with E-state index < -0.39 is 74.2 Å². The highest BCUT2D eigenvalue weighted by molar-refractivity contribution is 5.80. The summed E-state index contributed by atoms with van der Waals surface area (Å²) in [6.45, 7) is 3.50. The van der Waals surface area contributed by atoms with E-state index in [1.165, 1.54) is 238 Å². The number of amides is 1. The van der Waals surface area contributed by atoms with Gasteiger partial charge in [-0.15, -0.1) is 0 Å². The molecule has 0 bridgehead atoms. The summed E-state index contributed by atoms with van der Waals surface area (Å²) in [7, 11) is 0. The van der Waals surface area contributed by atoms with Crippen molar-refractivity contribution in [2.45, 2.75) is 371 Å². The summed E-state index contributed by atoms with van der Waals surface area (Å²) in [4.78, 5) is 13.2. The van der Waals surface area contributed by atoms with Crippen molar-refractivity contribution in [3.8, 4) is 0 Å². The number of aliphatic hydroxyl groups is 7. The molecular weight excluding hydrogens is 907 g/mol. The first-order valence-electron chi connectivity index (χ1n) is 31.4. The zero-order chi connectivity index (χ0) is 52.5. The Bertz CT molecular complexity index is 1130. The van der Waals surface area contributed by atoms with Gasteiger partial charge >= 0.3 is 0 Å². The lowest BCUT2D eigenvalue weighted by Gasteiger charge is -2.40. The van der Waals surface area contributed by atoms with Crippen LogP contribution < -0.4 is 5.32 Å². The van der Waals surface area contributed by atoms with Crippen molar-refractivity contribution < 1.29 is 50.0 Å². The van der Waals surface area contributed by atoms with Gasteiger partial charge in [0, 0.05) is 0 Å². The van der Waals surface area contributed by atoms with Crippen molar-refractivity contribution in [3.05, 3.63) is 0 Å². The minimum atomic E-state index is -1.66. The fourth-order valence-electron chi connectivity index (χ4n) is 10.6. The van der Waals surface area contributed by atoms with Gasteiger partial charge in [0.15, 0.2) is 6.29 Å². The molecule has 1 fully saturated rings. The van der Waals surface area contributed by atoms with Gasteiger partial charge in [-0.3, -0.25) is 4.79 Å². The smallest absolute Gasteiger partial charge is 0.249 e. The average Bonchev–Trinajstić information content (AvgIpc) is 3.38. The Hall–Kier alpha value is -0.890. The molecule has 0 aromatic heterocycles. The highest BCUT2D eigenvalue weighted by Gasteiger charge is 2.44. The quantitative estimate of drug-likeness (QED) is 0.0272. The van der Waals surface area contributed by atoms with Gasteiger partial charge in [-0.05, 0) is 12.8 Å². The fourth-order valence-corrected chi connectivity index (χ4v) is 10.6. The van der Waals surface area contributed by atoms with E-state index in [9.17, 15) is 40.5 Å². The molecule has 430 valence electrons. The summed E-state index contributed by atoms with van der Waals surface area (Å²) in [5, 5.41) is 76.2. The standard InChI is InChI=1S/C61H121NO10/c1-3-5-7-9-11-13-15-17-19-20-21-22-23-24-25-26-27-28-29-30-31-32-33-35-36-38-40-42-44-46-48-53(64)56(66)52(51-71-61-59(69)58(68)57(67)55(50-63)72-61)62-60(70)54(65)49-47-45-43-41-39-37-34-18-16-14-12-10-8-6-4-2/h52-59,61,63-69H,3-51H2,1-2H3,(H,62,70). The van der Waals surface area contributed by atoms with E-state index in [4.69, 9.17) is 9.47 Å². The minimum Gasteiger partial charge on any atom is -0.394 e. The predicted octanol–water partition coefficient (Wildman–Crippen LogP) is 13.7. The molecule has 0 aliphatic carbocycles. The van der Waals surface area contributed by atoms with Gasteiger partial charge in [0.1, 0.15) is 36.6 Å². The number of carbonyl (C=O) groups excluding carboxylic acids is 1. The predicted molar refractivity (Wildman–Crippen MR) is 298 cm³/mol. The van der Waals surface area contributed by atoms with Crippen LogP contribution in [0.1, 0.15) is 316 Å². The number of unbranched alkanes of at least 4 members (excludes halogenated alkanes) is 43. The third kappa shape index (κ3) is 38.6. The van der Waals surface area contributed by atoms with Crippen LogP contribution in [0.3, 0.4) is 0 Å². The first-order chi connectivity index (χ1) is 35.2. The summed E-state index contributed by atoms with van der Waals surface area (Å²) in [6.07, 6.45) is 47.5. The second-order valence-electron chi connectivity index (χ2n) is 22.5. The fraction of sp³-hybridized carbons (Fsp3) is 0.984. The van der Waals surface area contributed by atoms with Crippen molar-refractivity contribution in [1.29, 1.82) is 0 Å². The van der Waals surface area contributed by atoms with Crippen LogP contribution in [0.5, 0.6) is 0 Å². The zero-order valence-electron chi connectivity index (χ0n) is 47.2. The van der Waals surface area contributed by atoms with E-state index in [-0.39, 0.29) is 6.42 Å². The normalized spacial score (nSPS) is 19.9. The molecule has 0 spiro atoms. The SMILES string of the molecule is CCCCCCCCCCCCCCCCCCCCCCCCCCCCCCCCC(O)C(O)C(COC1OC(CO)C(O)C(O)C1O)NC(=O)C(O)CCCCCCCCCCCCCCCCC. The third-order valence-corrected chi connectivity index (χ3v) is 15.7. The molecule has 72 heavy (non-hydrogen) atoms. The van der Waals surface area contributed by atoms with E-state index in [0.29, 0.717) is 19.3 Å². The zero-order valence-corrected chi connectivity index (χ0v) is 47.2. The largest absolute Gasteiger partial charge is 0.394 e. The van der Waals surface area contributed by atoms with Crippen molar-refractivity contribution in [1.82, 2.24) is 5.32 Å². The Morgan fingerprint density at radius 2 is 0.722 bits per heavy atom. The Balaban J connectivity index is 2.20. The van der Waals surface area contributed by atoms with Gasteiger partial charge in [-0.2, -0.15) is 0 Å². The van der Waals surface area contributed by atoms with Crippen LogP contribution in [0, 0.1) is 0 Å². The second kappa shape index (κ2) is 50.9. The maximum Gasteiger partial charge on any atom is 0.249 e. The summed E-state index contributed by atoms with van der Waals surface area (Å²) in [5.74, 6) is -0.690. The molecule has 8 N–H and O–H groups in total. The summed E-state index contributed by atoms with van der Waals surface area (Å²) in [6, 6.07) is -1.16. The van der Waals surface area contributed by atoms with Gasteiger partial charge in [-0.1, -0.05) is 303 Å². The van der Waals surface area contributed by atoms with Crippen molar-refractivity contribution >= 4 is 5.91 Å². The molecule has 0 aromatic carbocycles. The van der Waals surface area contributed by atoms with Crippen LogP contribution in [0.2, 0.25) is 0 Å². The summed E-state index contributed by atoms with van der Waals surface area (Å²) in [5.41, 5.74) is 0. The van der Waals surface area contributed by atoms with Crippen LogP contribution in [-0.4, -0.2) is 110 Å². The second-order valence-corrected chi connectivity index (χ2v) is 22.5. The van der Waals surface area contributed by atoms with Crippen LogP contribution in [-0.2, 0) is 14.3 Å². The van der Waals surface area contributed by atoms with Gasteiger partial charge < -0.3 is 50.5 Å². The Morgan fingerprint density at radius 3 is 1.03 bits per heavy atom. The maximum atomic E-state index is 13.2. The number of hydrogen-bond acceptors (Lipinski definition) is 10. The van der Waals surface area contributed by atoms with Crippen molar-refractivity contribution in [3.63, 3.8) is 0 Å². The molecule has 0 saturated carbocycles. The minimum absolute atomic E-state index is 0.267. The van der Waals surface area contributed by atoms with Crippen LogP contribution >= 0.6 is 0 Å². The highest BCUT2D eigenvalue weighted by Crippen LogP contribution is 2.24. The van der Waals surface area contributed by atoms with Crippen molar-refractivity contribution in [2.75, 3.05) is 13.2 Å². The number of ether oxygens (including phenoxy) is 2. The molecule has 9 atom stereocenters. The van der Waals surface area contributed by atoms with E-state index >= 15 is 0 Å². The van der Waals surface area contributed by atoms with Crippen LogP contribution in [0.4, 0.5) is 0 Å². The third-order valence-electron chi connectivity index (χ3n) is 15.7. The molecule has 1 amide bonds. The monoisotopic (exact) mass is 1030 g/mol. The molecule has 11 heteroatoms. The number of nitrogens with one attached hydrogen (secondary N) is 1. The number of hydrogen-bond donors (Lipinski definition) is 8. The molecular formula is C61H121NO10. The number of carbonyl (C=O) groups is 1. The molecule has 1 saturated heterocycles. The lowest BCUT2D eigenvalue weighted by molar-refractivity contribution is -0.303. The number of aliphatic hydroxyl groups excluding tert-OH is 7. The Morgan fingerprint density at radius 1 is 0.431 bits per heavy atom. The van der Waals surface area contributed by atoms with Crippen LogP contribution in [0.15, 0.2) is 0 Å². The van der Waals surface area contributed by atoms with Crippen molar-refractivity contribution in [2.24, 2.45) is 0 Å².